The number of fused-ring (bicyclic) bond motifs is 1. The van der Waals surface area contributed by atoms with Crippen LogP contribution in [0.1, 0.15) is 68.9 Å². The molecular weight excluding hydrogens is 388 g/mol. The molecule has 1 aliphatic rings. The fraction of sp³-hybridized carbons (Fsp3) is 0.462. The van der Waals surface area contributed by atoms with Gasteiger partial charge in [0.15, 0.2) is 11.7 Å². The highest BCUT2D eigenvalue weighted by atomic mass is 16.4. The summed E-state index contributed by atoms with van der Waals surface area (Å²) in [4.78, 5) is 17.2. The van der Waals surface area contributed by atoms with Gasteiger partial charge in [-0.3, -0.25) is 4.79 Å². The third kappa shape index (κ3) is 5.95. The molecular formula is C26H32N2O3. The fourth-order valence-corrected chi connectivity index (χ4v) is 4.55. The lowest BCUT2D eigenvalue weighted by Gasteiger charge is -2.24. The number of rotatable bonds is 9. The zero-order chi connectivity index (χ0) is 21.5. The van der Waals surface area contributed by atoms with Gasteiger partial charge in [-0.25, -0.2) is 4.98 Å². The first-order chi connectivity index (χ1) is 15.2. The monoisotopic (exact) mass is 420 g/mol. The minimum atomic E-state index is -0.991. The van der Waals surface area contributed by atoms with Crippen LogP contribution in [0.4, 0.5) is 0 Å². The summed E-state index contributed by atoms with van der Waals surface area (Å²) >= 11 is 0. The Morgan fingerprint density at radius 1 is 1.06 bits per heavy atom. The summed E-state index contributed by atoms with van der Waals surface area (Å²) in [6.45, 7) is 0. The van der Waals surface area contributed by atoms with E-state index >= 15 is 0 Å². The number of nitrogens with zero attached hydrogens (tertiary/aromatic N) is 1. The van der Waals surface area contributed by atoms with Crippen LogP contribution in [0, 0.1) is 5.92 Å². The number of aliphatic hydroxyl groups excluding tert-OH is 1. The van der Waals surface area contributed by atoms with E-state index in [1.165, 1.54) is 37.7 Å². The molecule has 1 unspecified atom stereocenters. The van der Waals surface area contributed by atoms with Crippen molar-refractivity contribution in [1.82, 2.24) is 10.3 Å². The molecule has 31 heavy (non-hydrogen) atoms. The van der Waals surface area contributed by atoms with Crippen LogP contribution in [0.2, 0.25) is 0 Å². The van der Waals surface area contributed by atoms with E-state index in [0.29, 0.717) is 29.9 Å². The molecule has 5 nitrogen and oxygen atoms in total. The van der Waals surface area contributed by atoms with Gasteiger partial charge in [0.1, 0.15) is 5.52 Å². The van der Waals surface area contributed by atoms with Crippen molar-refractivity contribution in [1.29, 1.82) is 0 Å². The number of benzene rings is 2. The van der Waals surface area contributed by atoms with Crippen molar-refractivity contribution in [3.63, 3.8) is 0 Å². The number of aromatic nitrogens is 1. The SMILES string of the molecule is O=C(CCC1CCCCC1)N[C@H](CCc1ccccc1)C(O)c1nc2ccccc2o1. The van der Waals surface area contributed by atoms with Crippen LogP contribution < -0.4 is 5.32 Å². The number of aliphatic hydroxyl groups is 1. The van der Waals surface area contributed by atoms with Gasteiger partial charge >= 0.3 is 0 Å². The Morgan fingerprint density at radius 3 is 2.58 bits per heavy atom. The molecule has 0 bridgehead atoms. The first-order valence-electron chi connectivity index (χ1n) is 11.6. The first kappa shape index (κ1) is 21.6. The predicted octanol–water partition coefficient (Wildman–Crippen LogP) is 5.34. The first-order valence-corrected chi connectivity index (χ1v) is 11.6. The summed E-state index contributed by atoms with van der Waals surface area (Å²) in [5.41, 5.74) is 2.53. The topological polar surface area (TPSA) is 75.4 Å². The highest BCUT2D eigenvalue weighted by Gasteiger charge is 2.27. The van der Waals surface area contributed by atoms with Crippen molar-refractivity contribution in [2.75, 3.05) is 0 Å². The van der Waals surface area contributed by atoms with Gasteiger partial charge in [0.2, 0.25) is 11.8 Å². The molecule has 164 valence electrons. The highest BCUT2D eigenvalue weighted by Crippen LogP contribution is 2.28. The Labute approximate surface area is 183 Å². The van der Waals surface area contributed by atoms with Crippen LogP contribution in [-0.4, -0.2) is 22.0 Å². The highest BCUT2D eigenvalue weighted by molar-refractivity contribution is 5.76. The second-order valence-corrected chi connectivity index (χ2v) is 8.71. The number of nitrogens with one attached hydrogen (secondary N) is 1. The molecule has 1 heterocycles. The Bertz CT molecular complexity index is 930. The summed E-state index contributed by atoms with van der Waals surface area (Å²) in [6, 6.07) is 17.1. The van der Waals surface area contributed by atoms with Gasteiger partial charge in [0.05, 0.1) is 6.04 Å². The number of carbonyl (C=O) groups is 1. The molecule has 0 saturated heterocycles. The normalized spacial score (nSPS) is 16.8. The molecule has 1 saturated carbocycles. The van der Waals surface area contributed by atoms with Crippen LogP contribution in [0.25, 0.3) is 11.1 Å². The van der Waals surface area contributed by atoms with Gasteiger partial charge < -0.3 is 14.8 Å². The molecule has 2 atom stereocenters. The number of hydrogen-bond acceptors (Lipinski definition) is 4. The Kier molecular flexibility index (Phi) is 7.36. The zero-order valence-electron chi connectivity index (χ0n) is 18.0. The van der Waals surface area contributed by atoms with E-state index in [2.05, 4.69) is 22.4 Å². The Balaban J connectivity index is 1.42. The van der Waals surface area contributed by atoms with Gasteiger partial charge in [0.25, 0.3) is 0 Å². The van der Waals surface area contributed by atoms with Gasteiger partial charge in [-0.15, -0.1) is 0 Å². The Hall–Kier alpha value is -2.66. The number of aryl methyl sites for hydroxylation is 1. The molecule has 1 amide bonds. The minimum Gasteiger partial charge on any atom is -0.438 e. The smallest absolute Gasteiger partial charge is 0.226 e. The largest absolute Gasteiger partial charge is 0.438 e. The van der Waals surface area contributed by atoms with E-state index < -0.39 is 12.1 Å². The molecule has 5 heteroatoms. The van der Waals surface area contributed by atoms with Gasteiger partial charge in [0, 0.05) is 6.42 Å². The van der Waals surface area contributed by atoms with Gasteiger partial charge in [-0.2, -0.15) is 0 Å². The quantitative estimate of drug-likeness (QED) is 0.490. The average molecular weight is 421 g/mol. The van der Waals surface area contributed by atoms with Crippen molar-refractivity contribution in [2.24, 2.45) is 5.92 Å². The van der Waals surface area contributed by atoms with Crippen molar-refractivity contribution in [3.05, 3.63) is 66.1 Å². The second-order valence-electron chi connectivity index (χ2n) is 8.71. The average Bonchev–Trinajstić information content (AvgIpc) is 3.26. The van der Waals surface area contributed by atoms with Crippen LogP contribution >= 0.6 is 0 Å². The molecule has 0 aliphatic heterocycles. The van der Waals surface area contributed by atoms with Crippen LogP contribution in [0.15, 0.2) is 59.0 Å². The van der Waals surface area contributed by atoms with Crippen molar-refractivity contribution in [2.45, 2.75) is 69.9 Å². The Morgan fingerprint density at radius 2 is 1.81 bits per heavy atom. The molecule has 1 aliphatic carbocycles. The van der Waals surface area contributed by atoms with Gasteiger partial charge in [-0.1, -0.05) is 74.6 Å². The maximum atomic E-state index is 12.7. The number of hydrogen-bond donors (Lipinski definition) is 2. The lowest BCUT2D eigenvalue weighted by molar-refractivity contribution is -0.123. The van der Waals surface area contributed by atoms with E-state index in [1.54, 1.807) is 0 Å². The fourth-order valence-electron chi connectivity index (χ4n) is 4.55. The third-order valence-corrected chi connectivity index (χ3v) is 6.38. The second kappa shape index (κ2) is 10.6. The summed E-state index contributed by atoms with van der Waals surface area (Å²) in [6.07, 6.45) is 8.15. The summed E-state index contributed by atoms with van der Waals surface area (Å²) in [5, 5.41) is 14.1. The van der Waals surface area contributed by atoms with E-state index in [1.807, 2.05) is 42.5 Å². The maximum absolute atomic E-state index is 12.7. The summed E-state index contributed by atoms with van der Waals surface area (Å²) < 4.78 is 5.79. The number of para-hydroxylation sites is 2. The zero-order valence-corrected chi connectivity index (χ0v) is 18.0. The van der Waals surface area contributed by atoms with Crippen molar-refractivity contribution < 1.29 is 14.3 Å². The van der Waals surface area contributed by atoms with E-state index in [0.717, 1.165) is 12.8 Å². The molecule has 4 rings (SSSR count). The molecule has 2 N–H and O–H groups in total. The standard InChI is InChI=1S/C26H32N2O3/c29-24(18-16-20-11-5-2-6-12-20)27-22(17-15-19-9-3-1-4-10-19)25(30)26-28-21-13-7-8-14-23(21)31-26/h1,3-4,7-10,13-14,20,22,25,30H,2,5-6,11-12,15-18H2,(H,27,29)/t22-,25?/m1/s1. The van der Waals surface area contributed by atoms with Crippen LogP contribution in [0.3, 0.4) is 0 Å². The third-order valence-electron chi connectivity index (χ3n) is 6.38. The molecule has 1 aromatic heterocycles. The number of carbonyl (C=O) groups excluding carboxylic acids is 1. The molecule has 0 spiro atoms. The number of oxazole rings is 1. The molecule has 3 aromatic rings. The van der Waals surface area contributed by atoms with E-state index in [-0.39, 0.29) is 11.8 Å². The lowest BCUT2D eigenvalue weighted by Crippen LogP contribution is -2.40. The maximum Gasteiger partial charge on any atom is 0.226 e. The van der Waals surface area contributed by atoms with Crippen molar-refractivity contribution >= 4 is 17.0 Å². The predicted molar refractivity (Wildman–Crippen MR) is 121 cm³/mol. The molecule has 2 aromatic carbocycles. The van der Waals surface area contributed by atoms with Gasteiger partial charge in [-0.05, 0) is 42.9 Å². The molecule has 0 radical (unpaired) electrons. The minimum absolute atomic E-state index is 0.00111. The van der Waals surface area contributed by atoms with E-state index in [4.69, 9.17) is 4.42 Å². The van der Waals surface area contributed by atoms with Crippen molar-refractivity contribution in [3.8, 4) is 0 Å². The lowest BCUT2D eigenvalue weighted by atomic mass is 9.86. The van der Waals surface area contributed by atoms with E-state index in [9.17, 15) is 9.90 Å². The molecule has 1 fully saturated rings. The van der Waals surface area contributed by atoms with Crippen LogP contribution in [-0.2, 0) is 11.2 Å². The number of amides is 1. The summed E-state index contributed by atoms with van der Waals surface area (Å²) in [7, 11) is 0. The van der Waals surface area contributed by atoms with Crippen LogP contribution in [0.5, 0.6) is 0 Å². The summed E-state index contributed by atoms with van der Waals surface area (Å²) in [5.74, 6) is 0.912.